The first-order valence-electron chi connectivity index (χ1n) is 8.23. The van der Waals surface area contributed by atoms with Gasteiger partial charge in [-0.1, -0.05) is 35.4 Å². The molecule has 1 atom stereocenters. The van der Waals surface area contributed by atoms with Crippen molar-refractivity contribution in [2.24, 2.45) is 0 Å². The average Bonchev–Trinajstić information content (AvgIpc) is 3.07. The molecule has 2 N–H and O–H groups in total. The van der Waals surface area contributed by atoms with Crippen molar-refractivity contribution in [3.05, 3.63) is 59.1 Å². The Kier molecular flexibility index (Phi) is 5.24. The van der Waals surface area contributed by atoms with E-state index in [-0.39, 0.29) is 11.9 Å². The number of halogens is 1. The zero-order valence-corrected chi connectivity index (χ0v) is 14.7. The fourth-order valence-electron chi connectivity index (χ4n) is 2.91. The van der Waals surface area contributed by atoms with E-state index in [2.05, 4.69) is 10.6 Å². The third-order valence-corrected chi connectivity index (χ3v) is 4.45. The molecule has 1 aliphatic heterocycles. The lowest BCUT2D eigenvalue weighted by Crippen LogP contribution is -2.45. The van der Waals surface area contributed by atoms with Gasteiger partial charge in [0.2, 0.25) is 5.91 Å². The minimum atomic E-state index is -0.482. The molecule has 25 heavy (non-hydrogen) atoms. The summed E-state index contributed by atoms with van der Waals surface area (Å²) < 4.78 is 0. The lowest BCUT2D eigenvalue weighted by atomic mass is 10.2. The van der Waals surface area contributed by atoms with E-state index in [4.69, 9.17) is 11.6 Å². The second-order valence-electron chi connectivity index (χ2n) is 6.15. The number of amides is 3. The second kappa shape index (κ2) is 7.57. The summed E-state index contributed by atoms with van der Waals surface area (Å²) in [5, 5.41) is 6.24. The molecular formula is C19H20ClN3O2. The van der Waals surface area contributed by atoms with Crippen LogP contribution in [-0.4, -0.2) is 29.4 Å². The molecule has 0 radical (unpaired) electrons. The first kappa shape index (κ1) is 17.3. The van der Waals surface area contributed by atoms with Gasteiger partial charge < -0.3 is 15.5 Å². The highest BCUT2D eigenvalue weighted by Gasteiger charge is 2.34. The Morgan fingerprint density at radius 3 is 2.56 bits per heavy atom. The summed E-state index contributed by atoms with van der Waals surface area (Å²) in [7, 11) is 0. The highest BCUT2D eigenvalue weighted by atomic mass is 35.5. The molecule has 1 heterocycles. The van der Waals surface area contributed by atoms with E-state index >= 15 is 0 Å². The molecule has 1 fully saturated rings. The number of aryl methyl sites for hydroxylation is 1. The maximum Gasteiger partial charge on any atom is 0.322 e. The number of anilines is 2. The molecule has 0 aliphatic carbocycles. The Bertz CT molecular complexity index is 776. The number of rotatable bonds is 3. The van der Waals surface area contributed by atoms with E-state index in [1.165, 1.54) is 0 Å². The van der Waals surface area contributed by atoms with Gasteiger partial charge in [-0.15, -0.1) is 0 Å². The van der Waals surface area contributed by atoms with Crippen LogP contribution in [0.2, 0.25) is 5.02 Å². The Hall–Kier alpha value is -2.53. The van der Waals surface area contributed by atoms with Crippen LogP contribution >= 0.6 is 11.6 Å². The molecule has 0 bridgehead atoms. The number of carbonyl (C=O) groups excluding carboxylic acids is 2. The van der Waals surface area contributed by atoms with Crippen molar-refractivity contribution in [1.82, 2.24) is 4.90 Å². The Labute approximate surface area is 152 Å². The maximum atomic E-state index is 12.6. The fraction of sp³-hybridized carbons (Fsp3) is 0.263. The molecule has 0 aromatic heterocycles. The van der Waals surface area contributed by atoms with E-state index in [9.17, 15) is 9.59 Å². The van der Waals surface area contributed by atoms with Crippen molar-refractivity contribution in [1.29, 1.82) is 0 Å². The second-order valence-corrected chi connectivity index (χ2v) is 6.58. The Morgan fingerprint density at radius 1 is 1.08 bits per heavy atom. The number of benzene rings is 2. The van der Waals surface area contributed by atoms with E-state index in [1.807, 2.05) is 31.2 Å². The van der Waals surface area contributed by atoms with Gasteiger partial charge in [0.15, 0.2) is 0 Å². The predicted molar refractivity (Wildman–Crippen MR) is 100 cm³/mol. The van der Waals surface area contributed by atoms with Gasteiger partial charge in [0, 0.05) is 22.9 Å². The number of urea groups is 1. The zero-order valence-electron chi connectivity index (χ0n) is 14.0. The lowest BCUT2D eigenvalue weighted by Gasteiger charge is -2.24. The first-order chi connectivity index (χ1) is 12.0. The van der Waals surface area contributed by atoms with Crippen molar-refractivity contribution in [3.63, 3.8) is 0 Å². The number of carbonyl (C=O) groups is 2. The number of hydrogen-bond donors (Lipinski definition) is 2. The van der Waals surface area contributed by atoms with Crippen LogP contribution in [0.25, 0.3) is 0 Å². The standard InChI is InChI=1S/C19H20ClN3O2/c1-13-7-9-15(10-8-13)22-19(25)23-11-3-6-17(23)18(24)21-16-5-2-4-14(20)12-16/h2,4-5,7-10,12,17H,3,6,11H2,1H3,(H,21,24)(H,22,25)/t17-/m1/s1. The summed E-state index contributed by atoms with van der Waals surface area (Å²) >= 11 is 5.94. The molecule has 2 aromatic carbocycles. The van der Waals surface area contributed by atoms with Crippen LogP contribution in [0, 0.1) is 6.92 Å². The molecule has 0 saturated carbocycles. The molecular weight excluding hydrogens is 338 g/mol. The van der Waals surface area contributed by atoms with E-state index in [0.29, 0.717) is 23.7 Å². The monoisotopic (exact) mass is 357 g/mol. The molecule has 1 saturated heterocycles. The fourth-order valence-corrected chi connectivity index (χ4v) is 3.10. The summed E-state index contributed by atoms with van der Waals surface area (Å²) in [5.74, 6) is -0.196. The average molecular weight is 358 g/mol. The summed E-state index contributed by atoms with van der Waals surface area (Å²) in [6.07, 6.45) is 1.45. The Balaban J connectivity index is 1.65. The first-order valence-corrected chi connectivity index (χ1v) is 8.61. The molecule has 6 heteroatoms. The highest BCUT2D eigenvalue weighted by Crippen LogP contribution is 2.22. The molecule has 2 aromatic rings. The molecule has 3 rings (SSSR count). The summed E-state index contributed by atoms with van der Waals surface area (Å²) in [6.45, 7) is 2.55. The molecule has 130 valence electrons. The van der Waals surface area contributed by atoms with E-state index in [1.54, 1.807) is 29.2 Å². The maximum absolute atomic E-state index is 12.6. The summed E-state index contributed by atoms with van der Waals surface area (Å²) in [4.78, 5) is 26.7. The molecule has 5 nitrogen and oxygen atoms in total. The van der Waals surface area contributed by atoms with Crippen LogP contribution in [0.3, 0.4) is 0 Å². The van der Waals surface area contributed by atoms with Crippen molar-refractivity contribution >= 4 is 34.9 Å². The third-order valence-electron chi connectivity index (χ3n) is 4.21. The van der Waals surface area contributed by atoms with Crippen LogP contribution in [0.1, 0.15) is 18.4 Å². The number of likely N-dealkylation sites (tertiary alicyclic amines) is 1. The zero-order chi connectivity index (χ0) is 17.8. The van der Waals surface area contributed by atoms with Crippen molar-refractivity contribution in [2.75, 3.05) is 17.2 Å². The summed E-state index contributed by atoms with van der Waals surface area (Å²) in [6, 6.07) is 13.8. The minimum absolute atomic E-state index is 0.196. The Morgan fingerprint density at radius 2 is 1.84 bits per heavy atom. The van der Waals surface area contributed by atoms with Gasteiger partial charge in [0.05, 0.1) is 0 Å². The van der Waals surface area contributed by atoms with Gasteiger partial charge in [-0.2, -0.15) is 0 Å². The van der Waals surface area contributed by atoms with Gasteiger partial charge in [-0.25, -0.2) is 4.79 Å². The van der Waals surface area contributed by atoms with Gasteiger partial charge in [0.25, 0.3) is 0 Å². The predicted octanol–water partition coefficient (Wildman–Crippen LogP) is 4.28. The molecule has 0 spiro atoms. The topological polar surface area (TPSA) is 61.4 Å². The molecule has 0 unspecified atom stereocenters. The van der Waals surface area contributed by atoms with Gasteiger partial charge in [0.1, 0.15) is 6.04 Å². The van der Waals surface area contributed by atoms with Crippen molar-refractivity contribution < 1.29 is 9.59 Å². The number of nitrogens with zero attached hydrogens (tertiary/aromatic N) is 1. The smallest absolute Gasteiger partial charge is 0.322 e. The van der Waals surface area contributed by atoms with Gasteiger partial charge in [-0.05, 0) is 50.1 Å². The van der Waals surface area contributed by atoms with E-state index in [0.717, 1.165) is 17.7 Å². The summed E-state index contributed by atoms with van der Waals surface area (Å²) in [5.41, 5.74) is 2.47. The quantitative estimate of drug-likeness (QED) is 0.861. The third kappa shape index (κ3) is 4.31. The molecule has 3 amide bonds. The largest absolute Gasteiger partial charge is 0.324 e. The van der Waals surface area contributed by atoms with Crippen LogP contribution in [0.5, 0.6) is 0 Å². The molecule has 1 aliphatic rings. The SMILES string of the molecule is Cc1ccc(NC(=O)N2CCC[C@@H]2C(=O)Nc2cccc(Cl)c2)cc1. The van der Waals surface area contributed by atoms with Crippen molar-refractivity contribution in [3.8, 4) is 0 Å². The normalized spacial score (nSPS) is 16.6. The van der Waals surface area contributed by atoms with Crippen LogP contribution in [-0.2, 0) is 4.79 Å². The van der Waals surface area contributed by atoms with Gasteiger partial charge in [-0.3, -0.25) is 4.79 Å². The van der Waals surface area contributed by atoms with Crippen molar-refractivity contribution in [2.45, 2.75) is 25.8 Å². The van der Waals surface area contributed by atoms with Crippen LogP contribution < -0.4 is 10.6 Å². The number of nitrogens with one attached hydrogen (secondary N) is 2. The lowest BCUT2D eigenvalue weighted by molar-refractivity contribution is -0.119. The van der Waals surface area contributed by atoms with Gasteiger partial charge >= 0.3 is 6.03 Å². The van der Waals surface area contributed by atoms with Crippen LogP contribution in [0.15, 0.2) is 48.5 Å². The number of hydrogen-bond acceptors (Lipinski definition) is 2. The minimum Gasteiger partial charge on any atom is -0.324 e. The van der Waals surface area contributed by atoms with E-state index < -0.39 is 6.04 Å². The van der Waals surface area contributed by atoms with Crippen LogP contribution in [0.4, 0.5) is 16.2 Å². The highest BCUT2D eigenvalue weighted by molar-refractivity contribution is 6.30.